The van der Waals surface area contributed by atoms with Crippen LogP contribution in [0.25, 0.3) is 11.1 Å². The van der Waals surface area contributed by atoms with Crippen LogP contribution in [0.4, 0.5) is 5.82 Å². The number of hydrogen-bond acceptors (Lipinski definition) is 7. The lowest BCUT2D eigenvalue weighted by Gasteiger charge is -2.19. The SMILES string of the molecule is CNc1c(-c2ccc(C[C@H](N)C(=O)O)cc2C)c(=O)n(NC)c(=O)n1NC. The summed E-state index contributed by atoms with van der Waals surface area (Å²) in [7, 11) is 4.67. The molecule has 10 heteroatoms. The van der Waals surface area contributed by atoms with Gasteiger partial charge in [-0.2, -0.15) is 9.35 Å². The molecule has 1 atom stereocenters. The van der Waals surface area contributed by atoms with Crippen molar-refractivity contribution in [3.8, 4) is 11.1 Å². The highest BCUT2D eigenvalue weighted by Gasteiger charge is 2.21. The molecular weight excluding hydrogens is 352 g/mol. The van der Waals surface area contributed by atoms with Crippen molar-refractivity contribution >= 4 is 11.8 Å². The molecule has 0 saturated carbocycles. The van der Waals surface area contributed by atoms with E-state index in [2.05, 4.69) is 16.2 Å². The molecule has 1 heterocycles. The number of benzene rings is 1. The van der Waals surface area contributed by atoms with Crippen molar-refractivity contribution in [2.24, 2.45) is 5.73 Å². The second-order valence-electron chi connectivity index (χ2n) is 5.98. The van der Waals surface area contributed by atoms with E-state index in [9.17, 15) is 14.4 Å². The molecule has 1 aromatic heterocycles. The van der Waals surface area contributed by atoms with Crippen molar-refractivity contribution in [2.45, 2.75) is 19.4 Å². The number of nitrogens with two attached hydrogens (primary N) is 1. The van der Waals surface area contributed by atoms with Crippen molar-refractivity contribution in [1.82, 2.24) is 9.35 Å². The van der Waals surface area contributed by atoms with E-state index in [4.69, 9.17) is 10.8 Å². The smallest absolute Gasteiger partial charge is 0.370 e. The normalized spacial score (nSPS) is 11.7. The van der Waals surface area contributed by atoms with Gasteiger partial charge in [-0.05, 0) is 30.0 Å². The minimum Gasteiger partial charge on any atom is -0.480 e. The van der Waals surface area contributed by atoms with Gasteiger partial charge in [0.05, 0.1) is 5.56 Å². The molecule has 1 aromatic carbocycles. The monoisotopic (exact) mass is 376 g/mol. The first kappa shape index (κ1) is 20.0. The molecule has 0 fully saturated rings. The topological polar surface area (TPSA) is 143 Å². The quantitative estimate of drug-likeness (QED) is 0.428. The summed E-state index contributed by atoms with van der Waals surface area (Å²) in [5.74, 6) is -0.760. The molecule has 6 N–H and O–H groups in total. The van der Waals surface area contributed by atoms with E-state index >= 15 is 0 Å². The maximum absolute atomic E-state index is 12.9. The van der Waals surface area contributed by atoms with Crippen LogP contribution in [0.5, 0.6) is 0 Å². The Balaban J connectivity index is 2.69. The van der Waals surface area contributed by atoms with E-state index in [0.717, 1.165) is 15.8 Å². The van der Waals surface area contributed by atoms with E-state index in [-0.39, 0.29) is 6.42 Å². The number of aromatic nitrogens is 2. The van der Waals surface area contributed by atoms with E-state index in [1.807, 2.05) is 6.92 Å². The zero-order valence-electron chi connectivity index (χ0n) is 15.7. The number of carboxylic acids is 1. The van der Waals surface area contributed by atoms with E-state index in [1.54, 1.807) is 32.3 Å². The van der Waals surface area contributed by atoms with Gasteiger partial charge in [0.1, 0.15) is 11.9 Å². The maximum atomic E-state index is 12.9. The summed E-state index contributed by atoms with van der Waals surface area (Å²) in [5, 5.41) is 11.9. The van der Waals surface area contributed by atoms with Crippen LogP contribution in [0.1, 0.15) is 11.1 Å². The third-order valence-corrected chi connectivity index (χ3v) is 4.28. The van der Waals surface area contributed by atoms with Gasteiger partial charge in [-0.3, -0.25) is 9.59 Å². The van der Waals surface area contributed by atoms with Crippen LogP contribution in [-0.2, 0) is 11.2 Å². The van der Waals surface area contributed by atoms with Crippen LogP contribution in [0, 0.1) is 6.92 Å². The van der Waals surface area contributed by atoms with Gasteiger partial charge < -0.3 is 27.0 Å². The molecule has 0 spiro atoms. The van der Waals surface area contributed by atoms with Crippen molar-refractivity contribution in [1.29, 1.82) is 0 Å². The van der Waals surface area contributed by atoms with E-state index < -0.39 is 23.3 Å². The fraction of sp³-hybridized carbons (Fsp3) is 0.353. The van der Waals surface area contributed by atoms with Gasteiger partial charge in [-0.25, -0.2) is 4.79 Å². The number of anilines is 1. The Morgan fingerprint density at radius 2 is 1.81 bits per heavy atom. The number of nitrogens with one attached hydrogen (secondary N) is 3. The van der Waals surface area contributed by atoms with Crippen molar-refractivity contribution < 1.29 is 9.90 Å². The second-order valence-corrected chi connectivity index (χ2v) is 5.98. The van der Waals surface area contributed by atoms with Gasteiger partial charge in [0, 0.05) is 21.1 Å². The Labute approximate surface area is 155 Å². The first-order valence-electron chi connectivity index (χ1n) is 8.30. The Kier molecular flexibility index (Phi) is 5.91. The van der Waals surface area contributed by atoms with Gasteiger partial charge in [0.25, 0.3) is 5.56 Å². The predicted molar refractivity (Wildman–Crippen MR) is 105 cm³/mol. The third kappa shape index (κ3) is 3.65. The minimum atomic E-state index is -1.08. The minimum absolute atomic E-state index is 0.173. The lowest BCUT2D eigenvalue weighted by atomic mass is 9.97. The predicted octanol–water partition coefficient (Wildman–Crippen LogP) is -0.672. The van der Waals surface area contributed by atoms with Crippen LogP contribution in [0.15, 0.2) is 27.8 Å². The van der Waals surface area contributed by atoms with Crippen LogP contribution in [0.3, 0.4) is 0 Å². The molecule has 27 heavy (non-hydrogen) atoms. The molecule has 0 radical (unpaired) electrons. The highest BCUT2D eigenvalue weighted by atomic mass is 16.4. The lowest BCUT2D eigenvalue weighted by molar-refractivity contribution is -0.138. The molecule has 0 aliphatic carbocycles. The second kappa shape index (κ2) is 7.96. The Bertz CT molecular complexity index is 979. The maximum Gasteiger partial charge on any atom is 0.370 e. The fourth-order valence-corrected chi connectivity index (χ4v) is 2.97. The molecule has 0 unspecified atom stereocenters. The number of carbonyl (C=O) groups is 1. The molecular formula is C17H24N6O4. The van der Waals surface area contributed by atoms with Crippen molar-refractivity contribution in [2.75, 3.05) is 37.3 Å². The molecule has 2 aromatic rings. The summed E-state index contributed by atoms with van der Waals surface area (Å²) >= 11 is 0. The molecule has 0 aliphatic heterocycles. The number of aliphatic carboxylic acids is 1. The molecule has 0 amide bonds. The van der Waals surface area contributed by atoms with Gasteiger partial charge in [0.15, 0.2) is 0 Å². The zero-order chi connectivity index (χ0) is 20.3. The highest BCUT2D eigenvalue weighted by Crippen LogP contribution is 2.27. The summed E-state index contributed by atoms with van der Waals surface area (Å²) < 4.78 is 2.13. The third-order valence-electron chi connectivity index (χ3n) is 4.28. The first-order chi connectivity index (χ1) is 12.8. The Morgan fingerprint density at radius 3 is 2.30 bits per heavy atom. The Morgan fingerprint density at radius 1 is 1.19 bits per heavy atom. The molecule has 0 aliphatic rings. The summed E-state index contributed by atoms with van der Waals surface area (Å²) in [4.78, 5) is 36.3. The van der Waals surface area contributed by atoms with Crippen molar-refractivity contribution in [3.05, 3.63) is 50.2 Å². The fourth-order valence-electron chi connectivity index (χ4n) is 2.97. The highest BCUT2D eigenvalue weighted by molar-refractivity contribution is 5.78. The van der Waals surface area contributed by atoms with Gasteiger partial charge in [-0.15, -0.1) is 0 Å². The van der Waals surface area contributed by atoms with Crippen molar-refractivity contribution in [3.63, 3.8) is 0 Å². The molecule has 10 nitrogen and oxygen atoms in total. The molecule has 2 rings (SSSR count). The number of nitrogens with zero attached hydrogens (tertiary/aromatic N) is 2. The summed E-state index contributed by atoms with van der Waals surface area (Å²) in [6, 6.07) is 4.23. The van der Waals surface area contributed by atoms with Gasteiger partial charge in [-0.1, -0.05) is 18.2 Å². The molecule has 146 valence electrons. The summed E-state index contributed by atoms with van der Waals surface area (Å²) in [6.45, 7) is 1.81. The Hall–Kier alpha value is -3.27. The zero-order valence-corrected chi connectivity index (χ0v) is 15.7. The van der Waals surface area contributed by atoms with Gasteiger partial charge in [0.2, 0.25) is 0 Å². The van der Waals surface area contributed by atoms with E-state index in [0.29, 0.717) is 16.9 Å². The largest absolute Gasteiger partial charge is 0.480 e. The number of aryl methyl sites for hydroxylation is 1. The number of carboxylic acid groups (broad SMARTS) is 1. The summed E-state index contributed by atoms with van der Waals surface area (Å²) in [6.07, 6.45) is 0.173. The van der Waals surface area contributed by atoms with Crippen LogP contribution >= 0.6 is 0 Å². The average Bonchev–Trinajstić information content (AvgIpc) is 2.62. The van der Waals surface area contributed by atoms with Crippen LogP contribution in [0.2, 0.25) is 0 Å². The number of rotatable bonds is 7. The average molecular weight is 376 g/mol. The molecule has 0 bridgehead atoms. The van der Waals surface area contributed by atoms with E-state index in [1.165, 1.54) is 11.7 Å². The number of hydrogen-bond donors (Lipinski definition) is 5. The standard InChI is InChI=1S/C17H24N6O4/c1-9-7-10(8-12(18)16(25)26)5-6-11(9)13-14(19-2)22(20-3)17(27)23(21-4)15(13)24/h5-7,12,19-21H,8,18H2,1-4H3,(H,25,26)/t12-/m0/s1. The van der Waals surface area contributed by atoms with Crippen LogP contribution in [-0.4, -0.2) is 47.6 Å². The van der Waals surface area contributed by atoms with Gasteiger partial charge >= 0.3 is 11.7 Å². The lowest BCUT2D eigenvalue weighted by Crippen LogP contribution is -2.47. The summed E-state index contributed by atoms with van der Waals surface area (Å²) in [5.41, 5.74) is 12.3. The van der Waals surface area contributed by atoms with Crippen LogP contribution < -0.4 is 33.2 Å². The first-order valence-corrected chi connectivity index (χ1v) is 8.30. The molecule has 0 saturated heterocycles.